The Hall–Kier alpha value is -1.54. The molecule has 0 rings (SSSR count). The van der Waals surface area contributed by atoms with E-state index < -0.39 is 26.6 Å². The maximum Gasteiger partial charge on any atom is 0.268 e. The SMILES string of the molecule is CCCC/C=C/CC/C=C/CC/C=C/C(O)C(COP(=O)([O-])OCC[N+](C)(C)C)NC(=O)CCCCCCCCCCCCCCCC/C=C\CCCCCCCCCCCCCC. The standard InChI is InChI=1S/C55H105N2O6P/c1-6-8-10-12-14-16-18-20-21-22-23-24-25-26-27-28-29-30-31-32-33-34-35-36-37-39-41-43-45-47-49-55(59)56-53(52-63-64(60,61)62-51-50-57(3,4)5)54(58)48-46-44-42-40-38-19-17-15-13-11-9-7-2/h13,15,26-27,38,40,46,48,53-54,58H,6-12,14,16-25,28-37,39,41-45,47,49-52H2,1-5H3,(H-,56,59,60,61)/b15-13+,27-26-,40-38+,48-46+. The highest BCUT2D eigenvalue weighted by atomic mass is 31.2. The van der Waals surface area contributed by atoms with Crippen LogP contribution in [0.2, 0.25) is 0 Å². The summed E-state index contributed by atoms with van der Waals surface area (Å²) in [6.07, 6.45) is 60.6. The molecule has 0 aliphatic rings. The van der Waals surface area contributed by atoms with E-state index in [2.05, 4.69) is 55.6 Å². The number of carbonyl (C=O) groups excluding carboxylic acids is 1. The lowest BCUT2D eigenvalue weighted by Crippen LogP contribution is -2.45. The fourth-order valence-electron chi connectivity index (χ4n) is 7.70. The van der Waals surface area contributed by atoms with Crippen LogP contribution < -0.4 is 10.2 Å². The number of carbonyl (C=O) groups is 1. The lowest BCUT2D eigenvalue weighted by atomic mass is 10.0. The van der Waals surface area contributed by atoms with E-state index in [-0.39, 0.29) is 12.5 Å². The number of rotatable bonds is 49. The van der Waals surface area contributed by atoms with Gasteiger partial charge in [0.1, 0.15) is 13.2 Å². The first-order chi connectivity index (χ1) is 31.0. The van der Waals surface area contributed by atoms with E-state index >= 15 is 0 Å². The minimum absolute atomic E-state index is 0.00937. The number of nitrogens with one attached hydrogen (secondary N) is 1. The van der Waals surface area contributed by atoms with Crippen LogP contribution in [-0.2, 0) is 18.4 Å². The van der Waals surface area contributed by atoms with Crippen molar-refractivity contribution >= 4 is 13.7 Å². The molecule has 1 amide bonds. The molecule has 0 aliphatic heterocycles. The van der Waals surface area contributed by atoms with Crippen LogP contribution in [0, 0.1) is 0 Å². The van der Waals surface area contributed by atoms with Gasteiger partial charge in [0.05, 0.1) is 39.9 Å². The molecule has 0 radical (unpaired) electrons. The fourth-order valence-corrected chi connectivity index (χ4v) is 8.42. The zero-order chi connectivity index (χ0) is 47.1. The van der Waals surface area contributed by atoms with Gasteiger partial charge in [0.25, 0.3) is 7.82 Å². The van der Waals surface area contributed by atoms with Gasteiger partial charge in [-0.25, -0.2) is 0 Å². The minimum Gasteiger partial charge on any atom is -0.756 e. The number of hydrogen-bond acceptors (Lipinski definition) is 6. The zero-order valence-electron chi connectivity index (χ0n) is 42.7. The van der Waals surface area contributed by atoms with Crippen LogP contribution in [0.4, 0.5) is 0 Å². The Labute approximate surface area is 397 Å². The number of likely N-dealkylation sites (N-methyl/N-ethyl adjacent to an activating group) is 1. The molecule has 0 spiro atoms. The summed E-state index contributed by atoms with van der Waals surface area (Å²) >= 11 is 0. The topological polar surface area (TPSA) is 108 Å². The number of quaternary nitrogens is 1. The van der Waals surface area contributed by atoms with Crippen LogP contribution in [0.25, 0.3) is 0 Å². The molecule has 64 heavy (non-hydrogen) atoms. The molecule has 0 aliphatic carbocycles. The molecular weight excluding hydrogens is 816 g/mol. The third-order valence-electron chi connectivity index (χ3n) is 12.0. The molecule has 9 heteroatoms. The highest BCUT2D eigenvalue weighted by molar-refractivity contribution is 7.45. The average Bonchev–Trinajstić information content (AvgIpc) is 3.25. The molecule has 0 heterocycles. The van der Waals surface area contributed by atoms with Gasteiger partial charge < -0.3 is 28.8 Å². The monoisotopic (exact) mass is 921 g/mol. The highest BCUT2D eigenvalue weighted by Gasteiger charge is 2.23. The molecule has 0 saturated carbocycles. The van der Waals surface area contributed by atoms with Gasteiger partial charge in [-0.05, 0) is 64.2 Å². The van der Waals surface area contributed by atoms with Crippen molar-refractivity contribution in [3.8, 4) is 0 Å². The normalized spacial score (nSPS) is 14.4. The molecule has 0 aromatic carbocycles. The summed E-state index contributed by atoms with van der Waals surface area (Å²) in [6.45, 7) is 4.58. The van der Waals surface area contributed by atoms with E-state index in [1.807, 2.05) is 27.2 Å². The molecule has 8 nitrogen and oxygen atoms in total. The first-order valence-corrected chi connectivity index (χ1v) is 28.5. The quantitative estimate of drug-likeness (QED) is 0.0272. The maximum absolute atomic E-state index is 12.9. The third kappa shape index (κ3) is 48.4. The van der Waals surface area contributed by atoms with Gasteiger partial charge in [-0.3, -0.25) is 9.36 Å². The Balaban J connectivity index is 4.08. The van der Waals surface area contributed by atoms with Crippen molar-refractivity contribution < 1.29 is 32.9 Å². The number of nitrogens with zero attached hydrogens (tertiary/aromatic N) is 1. The smallest absolute Gasteiger partial charge is 0.268 e. The Kier molecular flexibility index (Phi) is 45.4. The number of allylic oxidation sites excluding steroid dienone is 7. The van der Waals surface area contributed by atoms with Crippen molar-refractivity contribution in [3.05, 3.63) is 48.6 Å². The summed E-state index contributed by atoms with van der Waals surface area (Å²) in [5.41, 5.74) is 0. The first kappa shape index (κ1) is 62.5. The van der Waals surface area contributed by atoms with Crippen molar-refractivity contribution in [2.75, 3.05) is 40.9 Å². The van der Waals surface area contributed by atoms with E-state index in [9.17, 15) is 19.4 Å². The largest absolute Gasteiger partial charge is 0.756 e. The number of amides is 1. The second-order valence-corrected chi connectivity index (χ2v) is 21.0. The van der Waals surface area contributed by atoms with Crippen LogP contribution in [0.3, 0.4) is 0 Å². The fraction of sp³-hybridized carbons (Fsp3) is 0.836. The van der Waals surface area contributed by atoms with Crippen molar-refractivity contribution in [1.82, 2.24) is 5.32 Å². The van der Waals surface area contributed by atoms with Gasteiger partial charge in [-0.1, -0.05) is 223 Å². The second-order valence-electron chi connectivity index (χ2n) is 19.6. The van der Waals surface area contributed by atoms with Crippen molar-refractivity contribution in [2.24, 2.45) is 0 Å². The molecular formula is C55H105N2O6P. The van der Waals surface area contributed by atoms with Crippen molar-refractivity contribution in [1.29, 1.82) is 0 Å². The van der Waals surface area contributed by atoms with E-state index in [1.165, 1.54) is 173 Å². The number of phosphoric ester groups is 1. The van der Waals surface area contributed by atoms with E-state index in [0.717, 1.165) is 51.4 Å². The Morgan fingerprint density at radius 3 is 1.31 bits per heavy atom. The molecule has 376 valence electrons. The number of phosphoric acid groups is 1. The Morgan fingerprint density at radius 2 is 0.891 bits per heavy atom. The van der Waals surface area contributed by atoms with E-state index in [0.29, 0.717) is 17.4 Å². The van der Waals surface area contributed by atoms with Crippen LogP contribution in [0.15, 0.2) is 48.6 Å². The molecule has 0 saturated heterocycles. The minimum atomic E-state index is -4.60. The van der Waals surface area contributed by atoms with E-state index in [1.54, 1.807) is 6.08 Å². The summed E-state index contributed by atoms with van der Waals surface area (Å²) in [6, 6.07) is -0.908. The van der Waals surface area contributed by atoms with Gasteiger partial charge in [0.2, 0.25) is 5.91 Å². The van der Waals surface area contributed by atoms with Crippen LogP contribution in [0.5, 0.6) is 0 Å². The molecule has 0 bridgehead atoms. The first-order valence-electron chi connectivity index (χ1n) is 27.0. The predicted molar refractivity (Wildman–Crippen MR) is 274 cm³/mol. The van der Waals surface area contributed by atoms with Crippen LogP contribution >= 0.6 is 7.82 Å². The highest BCUT2D eigenvalue weighted by Crippen LogP contribution is 2.38. The number of unbranched alkanes of at least 4 members (excludes halogenated alkanes) is 30. The van der Waals surface area contributed by atoms with Crippen LogP contribution in [0.1, 0.15) is 245 Å². The summed E-state index contributed by atoms with van der Waals surface area (Å²) in [4.78, 5) is 25.4. The predicted octanol–water partition coefficient (Wildman–Crippen LogP) is 15.3. The summed E-state index contributed by atoms with van der Waals surface area (Å²) < 4.78 is 23.2. The van der Waals surface area contributed by atoms with Gasteiger partial charge in [-0.2, -0.15) is 0 Å². The van der Waals surface area contributed by atoms with Crippen LogP contribution in [-0.4, -0.2) is 68.5 Å². The maximum atomic E-state index is 12.9. The second kappa shape index (κ2) is 46.6. The summed E-state index contributed by atoms with van der Waals surface area (Å²) in [7, 11) is 1.24. The lowest BCUT2D eigenvalue weighted by Gasteiger charge is -2.29. The molecule has 0 aromatic rings. The number of hydrogen-bond donors (Lipinski definition) is 2. The molecule has 0 aromatic heterocycles. The van der Waals surface area contributed by atoms with Crippen molar-refractivity contribution in [2.45, 2.75) is 257 Å². The Morgan fingerprint density at radius 1 is 0.531 bits per heavy atom. The van der Waals surface area contributed by atoms with Gasteiger partial charge in [0.15, 0.2) is 0 Å². The average molecular weight is 921 g/mol. The zero-order valence-corrected chi connectivity index (χ0v) is 43.6. The molecule has 0 fully saturated rings. The molecule has 3 unspecified atom stereocenters. The Bertz CT molecular complexity index is 1180. The lowest BCUT2D eigenvalue weighted by molar-refractivity contribution is -0.870. The van der Waals surface area contributed by atoms with Gasteiger partial charge in [0, 0.05) is 6.42 Å². The summed E-state index contributed by atoms with van der Waals surface area (Å²) in [5, 5.41) is 13.8. The van der Waals surface area contributed by atoms with Gasteiger partial charge in [-0.15, -0.1) is 0 Å². The number of aliphatic hydroxyl groups is 1. The number of aliphatic hydroxyl groups excluding tert-OH is 1. The van der Waals surface area contributed by atoms with Crippen molar-refractivity contribution in [3.63, 3.8) is 0 Å². The van der Waals surface area contributed by atoms with Gasteiger partial charge >= 0.3 is 0 Å². The summed E-state index contributed by atoms with van der Waals surface area (Å²) in [5.74, 6) is -0.212. The molecule has 3 atom stereocenters. The third-order valence-corrected chi connectivity index (χ3v) is 13.0. The molecule has 2 N–H and O–H groups in total. The van der Waals surface area contributed by atoms with E-state index in [4.69, 9.17) is 9.05 Å².